The maximum atomic E-state index is 14.1. The summed E-state index contributed by atoms with van der Waals surface area (Å²) in [5, 5.41) is 2.36. The van der Waals surface area contributed by atoms with E-state index in [4.69, 9.17) is 51.2 Å². The van der Waals surface area contributed by atoms with E-state index in [1.807, 2.05) is 0 Å². The van der Waals surface area contributed by atoms with Crippen molar-refractivity contribution in [1.29, 1.82) is 0 Å². The molecule has 1 amide bonds. The molecule has 0 aliphatic carbocycles. The fraction of sp³-hybridized carbons (Fsp3) is 0.211. The van der Waals surface area contributed by atoms with Crippen LogP contribution in [0.4, 0.5) is 18.9 Å². The number of carbonyl (C=O) groups is 1. The number of hydroxylamine groups is 1. The highest BCUT2D eigenvalue weighted by Crippen LogP contribution is 2.49. The molecule has 0 spiro atoms. The number of hydrogen-bond acceptors (Lipinski definition) is 3. The van der Waals surface area contributed by atoms with Crippen molar-refractivity contribution < 1.29 is 22.8 Å². The normalized spacial score (nSPS) is 19.6. The van der Waals surface area contributed by atoms with Gasteiger partial charge in [0.15, 0.2) is 0 Å². The molecule has 1 aliphatic rings. The fourth-order valence-electron chi connectivity index (χ4n) is 2.77. The molecule has 12 heteroatoms. The molecule has 0 aromatic heterocycles. The molecular weight excluding hydrogens is 567 g/mol. The third kappa shape index (κ3) is 4.79. The van der Waals surface area contributed by atoms with E-state index in [0.29, 0.717) is 11.3 Å². The van der Waals surface area contributed by atoms with Crippen molar-refractivity contribution >= 4 is 79.6 Å². The van der Waals surface area contributed by atoms with Gasteiger partial charge in [0.05, 0.1) is 36.3 Å². The zero-order valence-corrected chi connectivity index (χ0v) is 20.0. The van der Waals surface area contributed by atoms with Crippen molar-refractivity contribution in [3.05, 3.63) is 67.6 Å². The third-order valence-corrected chi connectivity index (χ3v) is 6.33. The number of benzene rings is 2. The SMILES string of the molecule is CC(Br)C(=O)Nc1ccc(C2=CC(c3cc(Cl)c(Cl)c(Cl)c3)(C(F)(F)F)ON2)cc1Cl. The molecule has 1 aliphatic heterocycles. The van der Waals surface area contributed by atoms with Crippen molar-refractivity contribution in [3.63, 3.8) is 0 Å². The van der Waals surface area contributed by atoms with E-state index in [-0.39, 0.29) is 37.3 Å². The first-order chi connectivity index (χ1) is 14.4. The van der Waals surface area contributed by atoms with Crippen LogP contribution in [0.5, 0.6) is 0 Å². The first kappa shape index (κ1) is 24.5. The largest absolute Gasteiger partial charge is 0.428 e. The van der Waals surface area contributed by atoms with E-state index in [9.17, 15) is 18.0 Å². The molecule has 4 nitrogen and oxygen atoms in total. The van der Waals surface area contributed by atoms with Gasteiger partial charge in [-0.15, -0.1) is 0 Å². The number of amides is 1. The van der Waals surface area contributed by atoms with Crippen molar-refractivity contribution in [2.75, 3.05) is 5.32 Å². The van der Waals surface area contributed by atoms with E-state index in [0.717, 1.165) is 18.2 Å². The molecule has 1 heterocycles. The summed E-state index contributed by atoms with van der Waals surface area (Å²) in [5.74, 6) is -0.330. The van der Waals surface area contributed by atoms with Gasteiger partial charge in [0.2, 0.25) is 11.5 Å². The van der Waals surface area contributed by atoms with Crippen LogP contribution in [0.25, 0.3) is 5.70 Å². The molecule has 3 rings (SSSR count). The zero-order valence-electron chi connectivity index (χ0n) is 15.4. The highest BCUT2D eigenvalue weighted by atomic mass is 79.9. The number of rotatable bonds is 4. The van der Waals surface area contributed by atoms with Crippen LogP contribution >= 0.6 is 62.3 Å². The van der Waals surface area contributed by atoms with Crippen LogP contribution in [0.3, 0.4) is 0 Å². The smallest absolute Gasteiger partial charge is 0.324 e. The zero-order chi connectivity index (χ0) is 23.1. The second kappa shape index (κ2) is 9.00. The predicted octanol–water partition coefficient (Wildman–Crippen LogP) is 7.36. The van der Waals surface area contributed by atoms with Gasteiger partial charge < -0.3 is 5.32 Å². The Morgan fingerprint density at radius 2 is 1.74 bits per heavy atom. The van der Waals surface area contributed by atoms with Gasteiger partial charge in [-0.1, -0.05) is 68.4 Å². The Hall–Kier alpha value is -1.16. The molecule has 0 fully saturated rings. The van der Waals surface area contributed by atoms with Gasteiger partial charge in [0.25, 0.3) is 0 Å². The molecule has 2 atom stereocenters. The monoisotopic (exact) mass is 576 g/mol. The Bertz CT molecular complexity index is 1060. The van der Waals surface area contributed by atoms with Crippen LogP contribution in [0, 0.1) is 0 Å². The Morgan fingerprint density at radius 3 is 2.26 bits per heavy atom. The summed E-state index contributed by atoms with van der Waals surface area (Å²) in [7, 11) is 0. The third-order valence-electron chi connectivity index (χ3n) is 4.40. The molecule has 0 saturated carbocycles. The van der Waals surface area contributed by atoms with Gasteiger partial charge in [0, 0.05) is 11.1 Å². The number of carbonyl (C=O) groups excluding carboxylic acids is 1. The number of halogens is 8. The van der Waals surface area contributed by atoms with Crippen LogP contribution < -0.4 is 10.8 Å². The summed E-state index contributed by atoms with van der Waals surface area (Å²) < 4.78 is 42.3. The Kier molecular flexibility index (Phi) is 7.11. The van der Waals surface area contributed by atoms with E-state index in [2.05, 4.69) is 26.7 Å². The van der Waals surface area contributed by atoms with Gasteiger partial charge in [-0.2, -0.15) is 13.2 Å². The van der Waals surface area contributed by atoms with Crippen molar-refractivity contribution in [2.24, 2.45) is 0 Å². The number of nitrogens with one attached hydrogen (secondary N) is 2. The first-order valence-electron chi connectivity index (χ1n) is 8.49. The molecule has 166 valence electrons. The quantitative estimate of drug-likeness (QED) is 0.294. The minimum Gasteiger partial charge on any atom is -0.324 e. The molecule has 2 N–H and O–H groups in total. The Morgan fingerprint density at radius 1 is 1.13 bits per heavy atom. The van der Waals surface area contributed by atoms with Crippen molar-refractivity contribution in [1.82, 2.24) is 5.48 Å². The number of hydrogen-bond donors (Lipinski definition) is 2. The maximum Gasteiger partial charge on any atom is 0.428 e. The van der Waals surface area contributed by atoms with Gasteiger partial charge in [-0.25, -0.2) is 0 Å². The minimum absolute atomic E-state index is 0.00755. The Labute approximate surface area is 203 Å². The molecule has 0 saturated heterocycles. The summed E-state index contributed by atoms with van der Waals surface area (Å²) in [5.41, 5.74) is -0.321. The lowest BCUT2D eigenvalue weighted by atomic mass is 9.91. The maximum absolute atomic E-state index is 14.1. The van der Waals surface area contributed by atoms with Gasteiger partial charge in [-0.3, -0.25) is 15.1 Å². The summed E-state index contributed by atoms with van der Waals surface area (Å²) in [6, 6.07) is 6.43. The summed E-state index contributed by atoms with van der Waals surface area (Å²) in [6.45, 7) is 1.63. The van der Waals surface area contributed by atoms with Crippen LogP contribution in [-0.2, 0) is 15.2 Å². The Balaban J connectivity index is 2.03. The molecule has 31 heavy (non-hydrogen) atoms. The first-order valence-corrected chi connectivity index (χ1v) is 10.9. The second-order valence-corrected chi connectivity index (χ2v) is 9.52. The van der Waals surface area contributed by atoms with E-state index in [1.54, 1.807) is 6.92 Å². The average Bonchev–Trinajstić information content (AvgIpc) is 3.14. The average molecular weight is 579 g/mol. The lowest BCUT2D eigenvalue weighted by Crippen LogP contribution is -2.42. The molecule has 0 bridgehead atoms. The molecule has 2 unspecified atom stereocenters. The van der Waals surface area contributed by atoms with Crippen molar-refractivity contribution in [2.45, 2.75) is 23.5 Å². The number of alkyl halides is 4. The summed E-state index contributed by atoms with van der Waals surface area (Å²) in [6.07, 6.45) is -4.01. The summed E-state index contributed by atoms with van der Waals surface area (Å²) in [4.78, 5) is 16.4. The summed E-state index contributed by atoms with van der Waals surface area (Å²) >= 11 is 27.1. The fourth-order valence-corrected chi connectivity index (χ4v) is 3.71. The molecule has 0 radical (unpaired) electrons. The van der Waals surface area contributed by atoms with E-state index >= 15 is 0 Å². The standard InChI is InChI=1S/C19H12BrCl4F3N2O2/c1-8(20)17(30)28-14-3-2-9(4-11(14)21)15-7-18(31-29-15,19(25,26)27)10-5-12(22)16(24)13(23)6-10/h2-8,29H,1H3,(H,28,30). The van der Waals surface area contributed by atoms with Crippen LogP contribution in [-0.4, -0.2) is 16.9 Å². The number of anilines is 1. The highest BCUT2D eigenvalue weighted by molar-refractivity contribution is 9.10. The van der Waals surface area contributed by atoms with Gasteiger partial charge >= 0.3 is 6.18 Å². The lowest BCUT2D eigenvalue weighted by molar-refractivity contribution is -0.269. The van der Waals surface area contributed by atoms with Gasteiger partial charge in [0.1, 0.15) is 0 Å². The lowest BCUT2D eigenvalue weighted by Gasteiger charge is -2.29. The molecular formula is C19H12BrCl4F3N2O2. The molecule has 2 aromatic carbocycles. The van der Waals surface area contributed by atoms with Gasteiger partial charge in [-0.05, 0) is 37.3 Å². The van der Waals surface area contributed by atoms with E-state index in [1.165, 1.54) is 18.2 Å². The topological polar surface area (TPSA) is 50.4 Å². The van der Waals surface area contributed by atoms with Crippen LogP contribution in [0.1, 0.15) is 18.1 Å². The van der Waals surface area contributed by atoms with E-state index < -0.39 is 16.6 Å². The van der Waals surface area contributed by atoms with Crippen molar-refractivity contribution in [3.8, 4) is 0 Å². The minimum atomic E-state index is -4.87. The second-order valence-electron chi connectivity index (χ2n) is 6.55. The van der Waals surface area contributed by atoms with Crippen LogP contribution in [0.15, 0.2) is 36.4 Å². The highest BCUT2D eigenvalue weighted by Gasteiger charge is 2.59. The van der Waals surface area contributed by atoms with Crippen LogP contribution in [0.2, 0.25) is 20.1 Å². The molecule has 2 aromatic rings. The predicted molar refractivity (Wildman–Crippen MR) is 120 cm³/mol.